The number of rotatable bonds is 17. The second kappa shape index (κ2) is 20.5. The van der Waals surface area contributed by atoms with Gasteiger partial charge in [0.1, 0.15) is 0 Å². The van der Waals surface area contributed by atoms with Gasteiger partial charge in [-0.05, 0) is 48.8 Å². The zero-order valence-electron chi connectivity index (χ0n) is 24.0. The maximum atomic E-state index is 10.4. The van der Waals surface area contributed by atoms with E-state index in [9.17, 15) is 4.79 Å². The average molecular weight is 525 g/mol. The molecule has 1 aliphatic heterocycles. The minimum Gasteiger partial charge on any atom is -0.478 e. The summed E-state index contributed by atoms with van der Waals surface area (Å²) in [5.41, 5.74) is 2.03. The van der Waals surface area contributed by atoms with Crippen LogP contribution in [0.15, 0.2) is 49.1 Å². The van der Waals surface area contributed by atoms with Gasteiger partial charge in [-0.15, -0.1) is 0 Å². The first-order chi connectivity index (χ1) is 18.6. The van der Waals surface area contributed by atoms with E-state index in [2.05, 4.69) is 18.8 Å². The summed E-state index contributed by atoms with van der Waals surface area (Å²) in [4.78, 5) is 14.3. The Morgan fingerprint density at radius 3 is 2.26 bits per heavy atom. The molecule has 0 amide bonds. The highest BCUT2D eigenvalue weighted by molar-refractivity contribution is 5.85. The molecule has 0 aliphatic carbocycles. The molecule has 38 heavy (non-hydrogen) atoms. The molecule has 1 saturated heterocycles. The topological polar surface area (TPSA) is 64.3 Å². The Morgan fingerprint density at radius 2 is 1.63 bits per heavy atom. The number of unbranched alkanes of at least 4 members (excludes halogenated alkanes) is 9. The van der Waals surface area contributed by atoms with Crippen LogP contribution in [0.5, 0.6) is 0 Å². The molecule has 2 aromatic rings. The van der Waals surface area contributed by atoms with Gasteiger partial charge in [0, 0.05) is 31.6 Å². The third kappa shape index (κ3) is 14.5. The van der Waals surface area contributed by atoms with E-state index < -0.39 is 5.97 Å². The first-order valence-electron chi connectivity index (χ1n) is 15.2. The van der Waals surface area contributed by atoms with E-state index >= 15 is 0 Å². The highest BCUT2D eigenvalue weighted by Crippen LogP contribution is 2.29. The van der Waals surface area contributed by atoms with Crippen LogP contribution in [0.25, 0.3) is 6.08 Å². The molecule has 1 aromatic heterocycles. The van der Waals surface area contributed by atoms with Crippen molar-refractivity contribution < 1.29 is 14.6 Å². The summed E-state index contributed by atoms with van der Waals surface area (Å²) in [5.74, 6) is -0.0662. The minimum absolute atomic E-state index is 0.594. The molecule has 5 heteroatoms. The normalized spacial score (nSPS) is 17.3. The molecule has 3 rings (SSSR count). The van der Waals surface area contributed by atoms with Crippen molar-refractivity contribution in [2.45, 2.75) is 123 Å². The largest absolute Gasteiger partial charge is 0.478 e. The lowest BCUT2D eigenvalue weighted by Gasteiger charge is -2.32. The second-order valence-corrected chi connectivity index (χ2v) is 10.7. The van der Waals surface area contributed by atoms with Gasteiger partial charge in [0.15, 0.2) is 0 Å². The predicted octanol–water partition coefficient (Wildman–Crippen LogP) is 8.92. The van der Waals surface area contributed by atoms with Gasteiger partial charge >= 0.3 is 5.97 Å². The number of ether oxygens (including phenoxy) is 1. The van der Waals surface area contributed by atoms with Crippen LogP contribution in [-0.4, -0.2) is 33.3 Å². The number of hydrogen-bond donors (Lipinski definition) is 1. The van der Waals surface area contributed by atoms with Crippen molar-refractivity contribution in [1.82, 2.24) is 9.55 Å². The Balaban J connectivity index is 0.000000272. The molecular formula is C33H52N2O3. The number of benzene rings is 1. The Morgan fingerprint density at radius 1 is 0.974 bits per heavy atom. The molecule has 0 saturated carbocycles. The van der Waals surface area contributed by atoms with Gasteiger partial charge in [0.25, 0.3) is 0 Å². The molecule has 0 unspecified atom stereocenters. The van der Waals surface area contributed by atoms with Crippen molar-refractivity contribution in [2.75, 3.05) is 6.61 Å². The van der Waals surface area contributed by atoms with E-state index in [1.807, 2.05) is 35.0 Å². The number of aliphatic carboxylic acids is 1. The number of carbonyl (C=O) groups is 1. The van der Waals surface area contributed by atoms with Crippen molar-refractivity contribution in [3.8, 4) is 0 Å². The molecule has 2 heterocycles. The van der Waals surface area contributed by atoms with Gasteiger partial charge in [0.2, 0.25) is 0 Å². The van der Waals surface area contributed by atoms with Crippen LogP contribution >= 0.6 is 0 Å². The van der Waals surface area contributed by atoms with Crippen molar-refractivity contribution in [3.63, 3.8) is 0 Å². The Kier molecular flexibility index (Phi) is 17.2. The van der Waals surface area contributed by atoms with Crippen LogP contribution in [-0.2, 0) is 16.1 Å². The molecular weight excluding hydrogens is 472 g/mol. The lowest BCUT2D eigenvalue weighted by molar-refractivity contribution is -0.131. The summed E-state index contributed by atoms with van der Waals surface area (Å²) in [6, 6.07) is 7.74. The molecule has 0 radical (unpaired) electrons. The highest BCUT2D eigenvalue weighted by Gasteiger charge is 2.24. The van der Waals surface area contributed by atoms with Crippen molar-refractivity contribution in [1.29, 1.82) is 0 Å². The van der Waals surface area contributed by atoms with Crippen molar-refractivity contribution in [2.24, 2.45) is 5.92 Å². The molecule has 0 spiro atoms. The fourth-order valence-corrected chi connectivity index (χ4v) is 5.18. The number of nitrogens with zero attached hydrogens (tertiary/aromatic N) is 2. The molecule has 1 fully saturated rings. The van der Waals surface area contributed by atoms with E-state index in [4.69, 9.17) is 9.84 Å². The standard InChI is InChI=1S/C20H40O.C13H12N2O2/c1-3-5-7-9-11-13-17-20-19(16-14-18-21-20)15-12-10-8-6-4-2;16-13(17)6-5-11-1-3-12(4-2-11)9-15-8-7-14-10-15/h19-20H,3-18H2,1-2H3;1-8,10H,9H2,(H,16,17)/b;6-5+/t19-,20+;/m0./s1. The molecule has 5 nitrogen and oxygen atoms in total. The van der Waals surface area contributed by atoms with Gasteiger partial charge in [-0.25, -0.2) is 9.78 Å². The zero-order valence-corrected chi connectivity index (χ0v) is 24.0. The van der Waals surface area contributed by atoms with E-state index in [-0.39, 0.29) is 0 Å². The maximum absolute atomic E-state index is 10.4. The number of carboxylic acids is 1. The molecule has 0 bridgehead atoms. The van der Waals surface area contributed by atoms with Crippen LogP contribution in [0.4, 0.5) is 0 Å². The van der Waals surface area contributed by atoms with E-state index in [0.29, 0.717) is 6.10 Å². The lowest BCUT2D eigenvalue weighted by atomic mass is 9.86. The molecule has 1 N–H and O–H groups in total. The third-order valence-corrected chi connectivity index (χ3v) is 7.42. The SMILES string of the molecule is CCCCCCCC[C@H]1OCCC[C@@H]1CCCCCCC.O=C(O)/C=C/c1ccc(Cn2ccnc2)cc1. The molecule has 1 aliphatic rings. The Bertz CT molecular complexity index is 861. The highest BCUT2D eigenvalue weighted by atomic mass is 16.5. The van der Waals surface area contributed by atoms with Crippen LogP contribution < -0.4 is 0 Å². The summed E-state index contributed by atoms with van der Waals surface area (Å²) in [5, 5.41) is 8.50. The fourth-order valence-electron chi connectivity index (χ4n) is 5.18. The average Bonchev–Trinajstić information content (AvgIpc) is 3.44. The Hall–Kier alpha value is -2.40. The summed E-state index contributed by atoms with van der Waals surface area (Å²) in [7, 11) is 0. The van der Waals surface area contributed by atoms with Gasteiger partial charge in [-0.1, -0.05) is 109 Å². The lowest BCUT2D eigenvalue weighted by Crippen LogP contribution is -2.29. The van der Waals surface area contributed by atoms with Gasteiger partial charge in [-0.3, -0.25) is 0 Å². The summed E-state index contributed by atoms with van der Waals surface area (Å²) in [6.45, 7) is 6.38. The maximum Gasteiger partial charge on any atom is 0.328 e. The minimum atomic E-state index is -0.938. The molecule has 1 aromatic carbocycles. The third-order valence-electron chi connectivity index (χ3n) is 7.42. The van der Waals surface area contributed by atoms with Gasteiger partial charge in [0.05, 0.1) is 12.4 Å². The van der Waals surface area contributed by atoms with Crippen molar-refractivity contribution >= 4 is 12.0 Å². The van der Waals surface area contributed by atoms with Crippen LogP contribution in [0.3, 0.4) is 0 Å². The first kappa shape index (κ1) is 31.8. The van der Waals surface area contributed by atoms with E-state index in [1.54, 1.807) is 18.6 Å². The smallest absolute Gasteiger partial charge is 0.328 e. The summed E-state index contributed by atoms with van der Waals surface area (Å²) < 4.78 is 8.07. The second-order valence-electron chi connectivity index (χ2n) is 10.7. The van der Waals surface area contributed by atoms with Gasteiger partial charge in [-0.2, -0.15) is 0 Å². The number of hydrogen-bond acceptors (Lipinski definition) is 3. The molecule has 212 valence electrons. The fraction of sp³-hybridized carbons (Fsp3) is 0.636. The van der Waals surface area contributed by atoms with E-state index in [0.717, 1.165) is 36.3 Å². The van der Waals surface area contributed by atoms with Gasteiger partial charge < -0.3 is 14.4 Å². The van der Waals surface area contributed by atoms with Crippen LogP contribution in [0, 0.1) is 5.92 Å². The summed E-state index contributed by atoms with van der Waals surface area (Å²) >= 11 is 0. The van der Waals surface area contributed by atoms with Crippen LogP contribution in [0.1, 0.15) is 121 Å². The van der Waals surface area contributed by atoms with Crippen LogP contribution in [0.2, 0.25) is 0 Å². The zero-order chi connectivity index (χ0) is 27.3. The number of imidazole rings is 1. The Labute approximate surface area is 231 Å². The summed E-state index contributed by atoms with van der Waals surface area (Å²) in [6.07, 6.45) is 29.7. The van der Waals surface area contributed by atoms with E-state index in [1.165, 1.54) is 96.3 Å². The molecule has 2 atom stereocenters. The number of carboxylic acid groups (broad SMARTS) is 1. The number of aromatic nitrogens is 2. The monoisotopic (exact) mass is 524 g/mol. The first-order valence-corrected chi connectivity index (χ1v) is 15.2. The quantitative estimate of drug-likeness (QED) is 0.166. The predicted molar refractivity (Wildman–Crippen MR) is 158 cm³/mol. The van der Waals surface area contributed by atoms with Crippen molar-refractivity contribution in [3.05, 3.63) is 60.2 Å².